The van der Waals surface area contributed by atoms with Crippen molar-refractivity contribution < 1.29 is 0 Å². The van der Waals surface area contributed by atoms with Crippen molar-refractivity contribution in [1.29, 1.82) is 0 Å². The van der Waals surface area contributed by atoms with E-state index in [2.05, 4.69) is 89.8 Å². The molecule has 2 heterocycles. The molecule has 0 unspecified atom stereocenters. The van der Waals surface area contributed by atoms with Crippen molar-refractivity contribution in [3.63, 3.8) is 0 Å². The van der Waals surface area contributed by atoms with E-state index in [0.29, 0.717) is 0 Å². The van der Waals surface area contributed by atoms with Gasteiger partial charge in [0, 0.05) is 37.1 Å². The molecule has 5 rings (SSSR count). The number of rotatable bonds is 3. The van der Waals surface area contributed by atoms with E-state index in [4.69, 9.17) is 4.98 Å². The Morgan fingerprint density at radius 2 is 1.39 bits per heavy atom. The number of fused-ring (bicyclic) bond motifs is 2. The molecule has 0 saturated heterocycles. The van der Waals surface area contributed by atoms with Gasteiger partial charge in [0.1, 0.15) is 0 Å². The van der Waals surface area contributed by atoms with E-state index in [1.54, 1.807) is 0 Å². The molecule has 2 heteroatoms. The lowest BCUT2D eigenvalue weighted by Gasteiger charge is -2.19. The summed E-state index contributed by atoms with van der Waals surface area (Å²) in [7, 11) is 0. The van der Waals surface area contributed by atoms with Gasteiger partial charge in [-0.1, -0.05) is 78.9 Å². The van der Waals surface area contributed by atoms with Crippen LogP contribution >= 0.6 is 0 Å². The van der Waals surface area contributed by atoms with Gasteiger partial charge < -0.3 is 0 Å². The lowest BCUT2D eigenvalue weighted by Crippen LogP contribution is -2.25. The third-order valence-electron chi connectivity index (χ3n) is 5.73. The molecule has 2 nitrogen and oxygen atoms in total. The first-order chi connectivity index (χ1) is 13.9. The standard InChI is InChI=1S/C26H24N2/c1-3-9-20(10-4-1)19-28-17-15-23-25(16-18-28)27-24-14-8-7-13-22(24)26(23)21-11-5-2-6-12-21/h1-14H,15-19H2. The highest BCUT2D eigenvalue weighted by molar-refractivity contribution is 5.96. The summed E-state index contributed by atoms with van der Waals surface area (Å²) in [5.74, 6) is 0. The van der Waals surface area contributed by atoms with Gasteiger partial charge in [-0.3, -0.25) is 9.88 Å². The summed E-state index contributed by atoms with van der Waals surface area (Å²) in [5, 5.41) is 1.27. The zero-order valence-electron chi connectivity index (χ0n) is 16.0. The van der Waals surface area contributed by atoms with Crippen LogP contribution in [0.25, 0.3) is 22.0 Å². The number of para-hydroxylation sites is 1. The van der Waals surface area contributed by atoms with Gasteiger partial charge in [0.05, 0.1) is 5.52 Å². The zero-order chi connectivity index (χ0) is 18.8. The van der Waals surface area contributed by atoms with Crippen LogP contribution in [0.3, 0.4) is 0 Å². The first kappa shape index (κ1) is 17.2. The topological polar surface area (TPSA) is 16.1 Å². The average molecular weight is 364 g/mol. The van der Waals surface area contributed by atoms with Gasteiger partial charge in [-0.05, 0) is 34.7 Å². The Balaban J connectivity index is 1.55. The van der Waals surface area contributed by atoms with Gasteiger partial charge in [0.2, 0.25) is 0 Å². The van der Waals surface area contributed by atoms with Crippen LogP contribution in [0, 0.1) is 0 Å². The molecule has 1 aliphatic rings. The molecule has 0 spiro atoms. The SMILES string of the molecule is c1ccc(CN2CCc3nc4ccccc4c(-c4ccccc4)c3CC2)cc1. The average Bonchev–Trinajstić information content (AvgIpc) is 2.95. The summed E-state index contributed by atoms with van der Waals surface area (Å²) < 4.78 is 0. The maximum atomic E-state index is 5.08. The first-order valence-electron chi connectivity index (χ1n) is 10.1. The van der Waals surface area contributed by atoms with Gasteiger partial charge in [0.15, 0.2) is 0 Å². The molecular formula is C26H24N2. The van der Waals surface area contributed by atoms with Crippen molar-refractivity contribution in [3.8, 4) is 11.1 Å². The summed E-state index contributed by atoms with van der Waals surface area (Å²) in [6.07, 6.45) is 2.05. The molecular weight excluding hydrogens is 340 g/mol. The number of hydrogen-bond acceptors (Lipinski definition) is 2. The van der Waals surface area contributed by atoms with Gasteiger partial charge >= 0.3 is 0 Å². The third kappa shape index (κ3) is 3.32. The van der Waals surface area contributed by atoms with E-state index in [0.717, 1.165) is 38.0 Å². The largest absolute Gasteiger partial charge is 0.298 e. The van der Waals surface area contributed by atoms with Crippen molar-refractivity contribution in [2.45, 2.75) is 19.4 Å². The maximum Gasteiger partial charge on any atom is 0.0711 e. The van der Waals surface area contributed by atoms with Crippen LogP contribution in [-0.2, 0) is 19.4 Å². The fourth-order valence-electron chi connectivity index (χ4n) is 4.36. The van der Waals surface area contributed by atoms with Crippen molar-refractivity contribution in [3.05, 3.63) is 102 Å². The van der Waals surface area contributed by atoms with Crippen LogP contribution in [0.2, 0.25) is 0 Å². The van der Waals surface area contributed by atoms with Gasteiger partial charge in [0.25, 0.3) is 0 Å². The van der Waals surface area contributed by atoms with Crippen LogP contribution in [0.15, 0.2) is 84.9 Å². The molecule has 0 amide bonds. The Hall–Kier alpha value is -2.97. The first-order valence-corrected chi connectivity index (χ1v) is 10.1. The summed E-state index contributed by atoms with van der Waals surface area (Å²) in [6.45, 7) is 3.14. The molecule has 0 bridgehead atoms. The highest BCUT2D eigenvalue weighted by atomic mass is 15.1. The number of aromatic nitrogens is 1. The maximum absolute atomic E-state index is 5.08. The zero-order valence-corrected chi connectivity index (χ0v) is 16.0. The Morgan fingerprint density at radius 1 is 0.714 bits per heavy atom. The minimum Gasteiger partial charge on any atom is -0.298 e. The molecule has 1 aromatic heterocycles. The lowest BCUT2D eigenvalue weighted by atomic mass is 9.92. The number of benzene rings is 3. The lowest BCUT2D eigenvalue weighted by molar-refractivity contribution is 0.279. The highest BCUT2D eigenvalue weighted by Gasteiger charge is 2.21. The second-order valence-electron chi connectivity index (χ2n) is 7.56. The summed E-state index contributed by atoms with van der Waals surface area (Å²) >= 11 is 0. The van der Waals surface area contributed by atoms with Crippen LogP contribution < -0.4 is 0 Å². The minimum atomic E-state index is 1.01. The minimum absolute atomic E-state index is 1.01. The highest BCUT2D eigenvalue weighted by Crippen LogP contribution is 2.34. The van der Waals surface area contributed by atoms with E-state index in [9.17, 15) is 0 Å². The van der Waals surface area contributed by atoms with E-state index in [1.807, 2.05) is 0 Å². The molecule has 0 radical (unpaired) electrons. The number of pyridine rings is 1. The predicted molar refractivity (Wildman–Crippen MR) is 116 cm³/mol. The molecule has 28 heavy (non-hydrogen) atoms. The van der Waals surface area contributed by atoms with Crippen molar-refractivity contribution >= 4 is 10.9 Å². The Kier molecular flexibility index (Phi) is 4.64. The van der Waals surface area contributed by atoms with Crippen molar-refractivity contribution in [2.75, 3.05) is 13.1 Å². The predicted octanol–water partition coefficient (Wildman–Crippen LogP) is 5.50. The van der Waals surface area contributed by atoms with E-state index in [-0.39, 0.29) is 0 Å². The Labute approximate surface area is 166 Å². The van der Waals surface area contributed by atoms with Crippen LogP contribution in [-0.4, -0.2) is 23.0 Å². The van der Waals surface area contributed by atoms with Crippen LogP contribution in [0.5, 0.6) is 0 Å². The quantitative estimate of drug-likeness (QED) is 0.477. The molecule has 0 atom stereocenters. The van der Waals surface area contributed by atoms with Crippen LogP contribution in [0.4, 0.5) is 0 Å². The van der Waals surface area contributed by atoms with Gasteiger partial charge in [-0.15, -0.1) is 0 Å². The molecule has 0 fully saturated rings. The fraction of sp³-hybridized carbons (Fsp3) is 0.192. The molecule has 1 aliphatic heterocycles. The van der Waals surface area contributed by atoms with E-state index < -0.39 is 0 Å². The Bertz CT molecular complexity index is 1090. The smallest absolute Gasteiger partial charge is 0.0711 e. The van der Waals surface area contributed by atoms with Crippen LogP contribution in [0.1, 0.15) is 16.8 Å². The number of nitrogens with zero attached hydrogens (tertiary/aromatic N) is 2. The molecule has 3 aromatic carbocycles. The molecule has 0 N–H and O–H groups in total. The molecule has 0 aliphatic carbocycles. The fourth-order valence-corrected chi connectivity index (χ4v) is 4.36. The second-order valence-corrected chi connectivity index (χ2v) is 7.56. The summed E-state index contributed by atoms with van der Waals surface area (Å²) in [4.78, 5) is 7.64. The molecule has 4 aromatic rings. The van der Waals surface area contributed by atoms with Crippen molar-refractivity contribution in [1.82, 2.24) is 9.88 Å². The van der Waals surface area contributed by atoms with Crippen molar-refractivity contribution in [2.24, 2.45) is 0 Å². The van der Waals surface area contributed by atoms with Gasteiger partial charge in [-0.2, -0.15) is 0 Å². The normalized spacial score (nSPS) is 14.6. The summed E-state index contributed by atoms with van der Waals surface area (Å²) in [5.41, 5.74) is 7.87. The molecule has 0 saturated carbocycles. The summed E-state index contributed by atoms with van der Waals surface area (Å²) in [6, 6.07) is 30.2. The Morgan fingerprint density at radius 3 is 2.21 bits per heavy atom. The second kappa shape index (κ2) is 7.57. The van der Waals surface area contributed by atoms with Gasteiger partial charge in [-0.25, -0.2) is 0 Å². The monoisotopic (exact) mass is 364 g/mol. The van der Waals surface area contributed by atoms with E-state index in [1.165, 1.54) is 33.3 Å². The van der Waals surface area contributed by atoms with E-state index >= 15 is 0 Å². The molecule has 138 valence electrons. The number of hydrogen-bond donors (Lipinski definition) is 0. The third-order valence-corrected chi connectivity index (χ3v) is 5.73.